The lowest BCUT2D eigenvalue weighted by atomic mass is 9.86. The molecule has 1 N–H and O–H groups in total. The van der Waals surface area contributed by atoms with Crippen LogP contribution in [0.2, 0.25) is 0 Å². The fraction of sp³-hybridized carbons (Fsp3) is 0.647. The van der Waals surface area contributed by atoms with Gasteiger partial charge >= 0.3 is 0 Å². The number of anilines is 1. The summed E-state index contributed by atoms with van der Waals surface area (Å²) in [5.74, 6) is 1.01. The van der Waals surface area contributed by atoms with Crippen molar-refractivity contribution >= 4 is 22.2 Å². The predicted molar refractivity (Wildman–Crippen MR) is 85.4 cm³/mol. The largest absolute Gasteiger partial charge is 0.316 e. The van der Waals surface area contributed by atoms with Gasteiger partial charge in [0.25, 0.3) is 0 Å². The van der Waals surface area contributed by atoms with Crippen LogP contribution in [-0.2, 0) is 17.6 Å². The molecule has 4 heteroatoms. The molecule has 0 aliphatic heterocycles. The third kappa shape index (κ3) is 2.85. The lowest BCUT2D eigenvalue weighted by Crippen LogP contribution is -2.20. The highest BCUT2D eigenvalue weighted by molar-refractivity contribution is 7.16. The molecule has 3 nitrogen and oxygen atoms in total. The molecular formula is C17H22N2OS. The maximum absolute atomic E-state index is 12.3. The van der Waals surface area contributed by atoms with Gasteiger partial charge in [-0.25, -0.2) is 0 Å². The average Bonchev–Trinajstić information content (AvgIpc) is 3.13. The maximum Gasteiger partial charge on any atom is 0.228 e. The van der Waals surface area contributed by atoms with Gasteiger partial charge in [-0.2, -0.15) is 5.26 Å². The molecule has 0 unspecified atom stereocenters. The van der Waals surface area contributed by atoms with E-state index in [1.165, 1.54) is 23.3 Å². The van der Waals surface area contributed by atoms with E-state index in [0.717, 1.165) is 55.0 Å². The molecule has 0 bridgehead atoms. The van der Waals surface area contributed by atoms with Crippen LogP contribution in [0.3, 0.4) is 0 Å². The van der Waals surface area contributed by atoms with E-state index in [2.05, 4.69) is 18.3 Å². The number of rotatable bonds is 3. The number of fused-ring (bicyclic) bond motifs is 1. The normalized spacial score (nSPS) is 21.8. The van der Waals surface area contributed by atoms with Crippen molar-refractivity contribution in [3.63, 3.8) is 0 Å². The first-order valence-electron chi connectivity index (χ1n) is 8.08. The molecule has 0 radical (unpaired) electrons. The van der Waals surface area contributed by atoms with E-state index in [4.69, 9.17) is 0 Å². The highest BCUT2D eigenvalue weighted by atomic mass is 32.1. The van der Waals surface area contributed by atoms with Crippen LogP contribution in [0.1, 0.15) is 61.5 Å². The highest BCUT2D eigenvalue weighted by Gasteiger charge is 2.28. The van der Waals surface area contributed by atoms with E-state index in [1.54, 1.807) is 11.3 Å². The highest BCUT2D eigenvalue weighted by Crippen LogP contribution is 2.40. The molecule has 1 heterocycles. The topological polar surface area (TPSA) is 52.9 Å². The van der Waals surface area contributed by atoms with Gasteiger partial charge in [0.2, 0.25) is 5.91 Å². The number of hydrogen-bond donors (Lipinski definition) is 1. The van der Waals surface area contributed by atoms with Crippen molar-refractivity contribution in [2.45, 2.75) is 58.3 Å². The molecule has 1 fully saturated rings. The monoisotopic (exact) mass is 302 g/mol. The molecule has 1 saturated carbocycles. The Kier molecular flexibility index (Phi) is 4.30. The summed E-state index contributed by atoms with van der Waals surface area (Å²) in [5, 5.41) is 13.3. The lowest BCUT2D eigenvalue weighted by molar-refractivity contribution is -0.119. The van der Waals surface area contributed by atoms with Crippen LogP contribution < -0.4 is 5.32 Å². The Labute approximate surface area is 130 Å². The Morgan fingerprint density at radius 3 is 2.81 bits per heavy atom. The van der Waals surface area contributed by atoms with E-state index < -0.39 is 0 Å². The Morgan fingerprint density at radius 1 is 1.38 bits per heavy atom. The van der Waals surface area contributed by atoms with Gasteiger partial charge in [0, 0.05) is 10.8 Å². The fourth-order valence-electron chi connectivity index (χ4n) is 3.61. The van der Waals surface area contributed by atoms with E-state index in [0.29, 0.717) is 0 Å². The van der Waals surface area contributed by atoms with Gasteiger partial charge in [-0.05, 0) is 43.6 Å². The maximum atomic E-state index is 12.3. The Bertz CT molecular complexity index is 578. The third-order valence-electron chi connectivity index (χ3n) is 5.02. The van der Waals surface area contributed by atoms with Crippen LogP contribution in [0.4, 0.5) is 5.00 Å². The first-order valence-corrected chi connectivity index (χ1v) is 8.90. The summed E-state index contributed by atoms with van der Waals surface area (Å²) in [7, 11) is 0. The quantitative estimate of drug-likeness (QED) is 0.906. The molecule has 2 aliphatic rings. The summed E-state index contributed by atoms with van der Waals surface area (Å²) in [6, 6.07) is 2.33. The molecule has 21 heavy (non-hydrogen) atoms. The van der Waals surface area contributed by atoms with Crippen molar-refractivity contribution < 1.29 is 4.79 Å². The minimum Gasteiger partial charge on any atom is -0.316 e. The van der Waals surface area contributed by atoms with Gasteiger partial charge in [-0.3, -0.25) is 4.79 Å². The van der Waals surface area contributed by atoms with Crippen LogP contribution in [0.15, 0.2) is 0 Å². The molecule has 0 aromatic carbocycles. The first-order chi connectivity index (χ1) is 10.2. The van der Waals surface area contributed by atoms with Gasteiger partial charge in [0.1, 0.15) is 11.1 Å². The fourth-order valence-corrected chi connectivity index (χ4v) is 4.93. The Morgan fingerprint density at radius 2 is 2.14 bits per heavy atom. The Hall–Kier alpha value is -1.34. The van der Waals surface area contributed by atoms with Gasteiger partial charge in [0.05, 0.1) is 5.56 Å². The zero-order valence-corrected chi connectivity index (χ0v) is 13.4. The second kappa shape index (κ2) is 6.19. The number of nitrogens with zero attached hydrogens (tertiary/aromatic N) is 1. The van der Waals surface area contributed by atoms with Crippen LogP contribution in [0.25, 0.3) is 0 Å². The van der Waals surface area contributed by atoms with E-state index in [1.807, 2.05) is 0 Å². The third-order valence-corrected chi connectivity index (χ3v) is 6.19. The summed E-state index contributed by atoms with van der Waals surface area (Å²) >= 11 is 1.64. The second-order valence-electron chi connectivity index (χ2n) is 6.31. The number of amides is 1. The zero-order valence-electron chi connectivity index (χ0n) is 12.6. The minimum atomic E-state index is 0.120. The van der Waals surface area contributed by atoms with Crippen molar-refractivity contribution in [3.8, 4) is 6.07 Å². The van der Waals surface area contributed by atoms with Crippen LogP contribution in [0, 0.1) is 23.2 Å². The SMILES string of the molecule is CC[C@@H]1CCc2c(sc(NC(=O)C3CCCC3)c2C#N)C1. The van der Waals surface area contributed by atoms with Gasteiger partial charge in [0.15, 0.2) is 0 Å². The van der Waals surface area contributed by atoms with Crippen molar-refractivity contribution in [1.82, 2.24) is 0 Å². The summed E-state index contributed by atoms with van der Waals surface area (Å²) in [6.45, 7) is 2.23. The molecular weight excluding hydrogens is 280 g/mol. The number of hydrogen-bond acceptors (Lipinski definition) is 3. The van der Waals surface area contributed by atoms with Crippen LogP contribution in [-0.4, -0.2) is 5.91 Å². The molecule has 0 saturated heterocycles. The predicted octanol–water partition coefficient (Wildman–Crippen LogP) is 4.26. The number of nitrogens with one attached hydrogen (secondary N) is 1. The molecule has 1 aromatic rings. The van der Waals surface area contributed by atoms with Crippen LogP contribution in [0.5, 0.6) is 0 Å². The number of carbonyl (C=O) groups is 1. The smallest absolute Gasteiger partial charge is 0.228 e. The van der Waals surface area contributed by atoms with Crippen LogP contribution >= 0.6 is 11.3 Å². The van der Waals surface area contributed by atoms with Crippen molar-refractivity contribution in [2.75, 3.05) is 5.32 Å². The molecule has 112 valence electrons. The van der Waals surface area contributed by atoms with E-state index >= 15 is 0 Å². The minimum absolute atomic E-state index is 0.120. The van der Waals surface area contributed by atoms with Crippen molar-refractivity contribution in [3.05, 3.63) is 16.0 Å². The van der Waals surface area contributed by atoms with Crippen molar-refractivity contribution in [2.24, 2.45) is 11.8 Å². The standard InChI is InChI=1S/C17H22N2OS/c1-2-11-7-8-13-14(10-18)17(21-15(13)9-11)19-16(20)12-5-3-4-6-12/h11-12H,2-9H2,1H3,(H,19,20)/t11-/m1/s1. The average molecular weight is 302 g/mol. The first kappa shape index (κ1) is 14.6. The summed E-state index contributed by atoms with van der Waals surface area (Å²) < 4.78 is 0. The molecule has 1 atom stereocenters. The van der Waals surface area contributed by atoms with Crippen molar-refractivity contribution in [1.29, 1.82) is 5.26 Å². The molecule has 2 aliphatic carbocycles. The van der Waals surface area contributed by atoms with Gasteiger partial charge in [-0.15, -0.1) is 11.3 Å². The summed E-state index contributed by atoms with van der Waals surface area (Å²) in [6.07, 6.45) is 8.74. The van der Waals surface area contributed by atoms with Gasteiger partial charge in [-0.1, -0.05) is 26.2 Å². The number of carbonyl (C=O) groups excluding carboxylic acids is 1. The molecule has 1 amide bonds. The Balaban J connectivity index is 1.81. The number of thiophene rings is 1. The summed E-state index contributed by atoms with van der Waals surface area (Å²) in [4.78, 5) is 13.6. The molecule has 3 rings (SSSR count). The van der Waals surface area contributed by atoms with E-state index in [9.17, 15) is 10.1 Å². The second-order valence-corrected chi connectivity index (χ2v) is 7.41. The van der Waals surface area contributed by atoms with Gasteiger partial charge < -0.3 is 5.32 Å². The zero-order chi connectivity index (χ0) is 14.8. The molecule has 0 spiro atoms. The lowest BCUT2D eigenvalue weighted by Gasteiger charge is -2.20. The molecule has 1 aromatic heterocycles. The summed E-state index contributed by atoms with van der Waals surface area (Å²) in [5.41, 5.74) is 1.94. The number of nitriles is 1. The van der Waals surface area contributed by atoms with E-state index in [-0.39, 0.29) is 11.8 Å².